The van der Waals surface area contributed by atoms with Crippen molar-refractivity contribution in [3.63, 3.8) is 0 Å². The maximum atomic E-state index is 12.8. The van der Waals surface area contributed by atoms with Crippen molar-refractivity contribution in [3.8, 4) is 0 Å². The zero-order valence-electron chi connectivity index (χ0n) is 15.3. The van der Waals surface area contributed by atoms with Crippen LogP contribution in [0, 0.1) is 13.8 Å². The van der Waals surface area contributed by atoms with Crippen LogP contribution in [-0.2, 0) is 10.0 Å². The molecule has 0 saturated heterocycles. The van der Waals surface area contributed by atoms with Gasteiger partial charge in [-0.1, -0.05) is 31.5 Å². The highest BCUT2D eigenvalue weighted by Crippen LogP contribution is 2.23. The minimum atomic E-state index is -3.64. The lowest BCUT2D eigenvalue weighted by Crippen LogP contribution is -2.31. The summed E-state index contributed by atoms with van der Waals surface area (Å²) in [6, 6.07) is 9.87. The Hall–Kier alpha value is -1.89. The minimum absolute atomic E-state index is 0.154. The first kappa shape index (κ1) is 20.4. The Morgan fingerprint density at radius 1 is 1.04 bits per heavy atom. The van der Waals surface area contributed by atoms with Crippen molar-refractivity contribution >= 4 is 33.2 Å². The van der Waals surface area contributed by atoms with E-state index in [0.29, 0.717) is 29.4 Å². The number of nitrogens with one attached hydrogen (secondary N) is 1. The number of amides is 1. The molecule has 0 aliphatic rings. The molecule has 2 rings (SSSR count). The number of hydrogen-bond acceptors (Lipinski definition) is 3. The van der Waals surface area contributed by atoms with Crippen LogP contribution in [0.2, 0.25) is 5.02 Å². The van der Waals surface area contributed by atoms with Crippen molar-refractivity contribution in [2.45, 2.75) is 32.6 Å². The SMILES string of the molecule is CCN(CC)S(=O)(=O)c1cc(C(=O)Nc2ccc(Cl)cc2C)ccc1C. The van der Waals surface area contributed by atoms with Crippen LogP contribution in [0.4, 0.5) is 5.69 Å². The second-order valence-corrected chi connectivity index (χ2v) is 8.33. The summed E-state index contributed by atoms with van der Waals surface area (Å²) >= 11 is 5.93. The number of carbonyl (C=O) groups is 1. The molecule has 1 N–H and O–H groups in total. The first-order chi connectivity index (χ1) is 12.2. The molecule has 0 unspecified atom stereocenters. The van der Waals surface area contributed by atoms with E-state index in [4.69, 9.17) is 11.6 Å². The van der Waals surface area contributed by atoms with E-state index in [0.717, 1.165) is 5.56 Å². The average molecular weight is 395 g/mol. The fourth-order valence-electron chi connectivity index (χ4n) is 2.68. The van der Waals surface area contributed by atoms with E-state index in [1.807, 2.05) is 6.92 Å². The summed E-state index contributed by atoms with van der Waals surface area (Å²) in [5.41, 5.74) is 2.36. The zero-order valence-corrected chi connectivity index (χ0v) is 16.9. The molecule has 2 aromatic rings. The van der Waals surface area contributed by atoms with Gasteiger partial charge in [-0.3, -0.25) is 4.79 Å². The van der Waals surface area contributed by atoms with Crippen molar-refractivity contribution < 1.29 is 13.2 Å². The summed E-state index contributed by atoms with van der Waals surface area (Å²) in [4.78, 5) is 12.8. The van der Waals surface area contributed by atoms with Gasteiger partial charge in [-0.05, 0) is 55.3 Å². The molecule has 7 heteroatoms. The van der Waals surface area contributed by atoms with Crippen molar-refractivity contribution in [1.29, 1.82) is 0 Å². The summed E-state index contributed by atoms with van der Waals surface area (Å²) in [5.74, 6) is -0.369. The Labute approximate surface area is 160 Å². The largest absolute Gasteiger partial charge is 0.322 e. The highest BCUT2D eigenvalue weighted by atomic mass is 35.5. The summed E-state index contributed by atoms with van der Waals surface area (Å²) in [5, 5.41) is 3.39. The lowest BCUT2D eigenvalue weighted by molar-refractivity contribution is 0.102. The van der Waals surface area contributed by atoms with Crippen molar-refractivity contribution in [1.82, 2.24) is 4.31 Å². The van der Waals surface area contributed by atoms with Crippen molar-refractivity contribution in [2.24, 2.45) is 0 Å². The molecular weight excluding hydrogens is 372 g/mol. The number of benzene rings is 2. The van der Waals surface area contributed by atoms with Crippen LogP contribution < -0.4 is 5.32 Å². The second kappa shape index (κ2) is 8.20. The van der Waals surface area contributed by atoms with Crippen LogP contribution in [-0.4, -0.2) is 31.7 Å². The first-order valence-corrected chi connectivity index (χ1v) is 10.2. The summed E-state index contributed by atoms with van der Waals surface area (Å²) in [7, 11) is -3.64. The van der Waals surface area contributed by atoms with Gasteiger partial charge in [0.15, 0.2) is 0 Å². The maximum absolute atomic E-state index is 12.8. The third-order valence-corrected chi connectivity index (χ3v) is 6.64. The lowest BCUT2D eigenvalue weighted by Gasteiger charge is -2.20. The standard InChI is InChI=1S/C19H23ClN2O3S/c1-5-22(6-2)26(24,25)18-12-15(8-7-13(18)3)19(23)21-17-10-9-16(20)11-14(17)4/h7-12H,5-6H2,1-4H3,(H,21,23). The van der Waals surface area contributed by atoms with Crippen LogP contribution >= 0.6 is 11.6 Å². The molecule has 0 radical (unpaired) electrons. The third-order valence-electron chi connectivity index (χ3n) is 4.21. The van der Waals surface area contributed by atoms with Gasteiger partial charge < -0.3 is 5.32 Å². The third kappa shape index (κ3) is 4.26. The molecular formula is C19H23ClN2O3S. The number of nitrogens with zero attached hydrogens (tertiary/aromatic N) is 1. The summed E-state index contributed by atoms with van der Waals surface area (Å²) < 4.78 is 27.0. The number of aryl methyl sites for hydroxylation is 2. The molecule has 0 heterocycles. The van der Waals surface area contributed by atoms with Gasteiger partial charge in [0.1, 0.15) is 0 Å². The maximum Gasteiger partial charge on any atom is 0.255 e. The molecule has 0 spiro atoms. The topological polar surface area (TPSA) is 66.5 Å². The van der Waals surface area contributed by atoms with Gasteiger partial charge in [0.2, 0.25) is 10.0 Å². The zero-order chi connectivity index (χ0) is 19.5. The summed E-state index contributed by atoms with van der Waals surface area (Å²) in [6.07, 6.45) is 0. The van der Waals surface area contributed by atoms with Gasteiger partial charge >= 0.3 is 0 Å². The van der Waals surface area contributed by atoms with Gasteiger partial charge in [0.05, 0.1) is 4.90 Å². The van der Waals surface area contributed by atoms with E-state index in [9.17, 15) is 13.2 Å². The van der Waals surface area contributed by atoms with E-state index in [1.165, 1.54) is 10.4 Å². The molecule has 26 heavy (non-hydrogen) atoms. The average Bonchev–Trinajstić information content (AvgIpc) is 2.58. The highest BCUT2D eigenvalue weighted by Gasteiger charge is 2.24. The first-order valence-electron chi connectivity index (χ1n) is 8.39. The van der Waals surface area contributed by atoms with Crippen LogP contribution in [0.25, 0.3) is 0 Å². The molecule has 1 amide bonds. The lowest BCUT2D eigenvalue weighted by atomic mass is 10.1. The molecule has 0 aliphatic heterocycles. The number of rotatable bonds is 6. The van der Waals surface area contributed by atoms with Gasteiger partial charge in [-0.25, -0.2) is 8.42 Å². The van der Waals surface area contributed by atoms with E-state index in [2.05, 4.69) is 5.32 Å². The quantitative estimate of drug-likeness (QED) is 0.796. The molecule has 0 bridgehead atoms. The van der Waals surface area contributed by atoms with E-state index >= 15 is 0 Å². The van der Waals surface area contributed by atoms with Crippen molar-refractivity contribution in [3.05, 3.63) is 58.1 Å². The normalized spacial score (nSPS) is 11.6. The Bertz CT molecular complexity index is 922. The van der Waals surface area contributed by atoms with E-state index in [-0.39, 0.29) is 16.4 Å². The number of carbonyl (C=O) groups excluding carboxylic acids is 1. The summed E-state index contributed by atoms with van der Waals surface area (Å²) in [6.45, 7) is 7.89. The molecule has 5 nitrogen and oxygen atoms in total. The molecule has 0 aromatic heterocycles. The second-order valence-electron chi connectivity index (χ2n) is 5.98. The van der Waals surface area contributed by atoms with Crippen LogP contribution in [0.3, 0.4) is 0 Å². The Morgan fingerprint density at radius 2 is 1.69 bits per heavy atom. The fraction of sp³-hybridized carbons (Fsp3) is 0.316. The molecule has 0 fully saturated rings. The van der Waals surface area contributed by atoms with Gasteiger partial charge in [-0.15, -0.1) is 0 Å². The van der Waals surface area contributed by atoms with Crippen LogP contribution in [0.5, 0.6) is 0 Å². The molecule has 0 saturated carbocycles. The molecule has 2 aromatic carbocycles. The smallest absolute Gasteiger partial charge is 0.255 e. The van der Waals surface area contributed by atoms with Crippen molar-refractivity contribution in [2.75, 3.05) is 18.4 Å². The Balaban J connectivity index is 2.38. The molecule has 0 aliphatic carbocycles. The Kier molecular flexibility index (Phi) is 6.44. The molecule has 0 atom stereocenters. The van der Waals surface area contributed by atoms with Gasteiger partial charge in [-0.2, -0.15) is 4.31 Å². The molecule has 140 valence electrons. The number of sulfonamides is 1. The van der Waals surface area contributed by atoms with E-state index in [1.54, 1.807) is 51.1 Å². The monoisotopic (exact) mass is 394 g/mol. The van der Waals surface area contributed by atoms with Gasteiger partial charge in [0, 0.05) is 29.4 Å². The predicted octanol–water partition coefficient (Wildman–Crippen LogP) is 4.24. The van der Waals surface area contributed by atoms with Crippen LogP contribution in [0.15, 0.2) is 41.3 Å². The highest BCUT2D eigenvalue weighted by molar-refractivity contribution is 7.89. The minimum Gasteiger partial charge on any atom is -0.322 e. The number of halogens is 1. The van der Waals surface area contributed by atoms with Gasteiger partial charge in [0.25, 0.3) is 5.91 Å². The fourth-order valence-corrected chi connectivity index (χ4v) is 4.62. The van der Waals surface area contributed by atoms with E-state index < -0.39 is 10.0 Å². The number of anilines is 1. The number of hydrogen-bond donors (Lipinski definition) is 1. The van der Waals surface area contributed by atoms with Crippen LogP contribution in [0.1, 0.15) is 35.3 Å². The Morgan fingerprint density at radius 3 is 2.27 bits per heavy atom. The predicted molar refractivity (Wildman–Crippen MR) is 105 cm³/mol.